The van der Waals surface area contributed by atoms with Crippen LogP contribution < -0.4 is 4.74 Å². The molecule has 1 aromatic rings. The fraction of sp³-hybridized carbons (Fsp3) is 0.600. The number of β-amino-alcohol motifs (C(OH)–C–C–N with tert-alkyl or cyclic N) is 1. The van der Waals surface area contributed by atoms with Crippen LogP contribution in [0.15, 0.2) is 28.7 Å². The number of aliphatic hydroxyl groups excluding tert-OH is 1. The summed E-state index contributed by atoms with van der Waals surface area (Å²) >= 11 is 3.38. The van der Waals surface area contributed by atoms with Crippen molar-refractivity contribution in [1.29, 1.82) is 0 Å². The zero-order valence-corrected chi connectivity index (χ0v) is 13.5. The number of morpholine rings is 1. The highest BCUT2D eigenvalue weighted by molar-refractivity contribution is 9.10. The van der Waals surface area contributed by atoms with E-state index in [2.05, 4.69) is 34.7 Å². The van der Waals surface area contributed by atoms with Crippen molar-refractivity contribution in [3.63, 3.8) is 0 Å². The minimum Gasteiger partial charge on any atom is -0.491 e. The summed E-state index contributed by atoms with van der Waals surface area (Å²) < 4.78 is 12.3. The second kappa shape index (κ2) is 7.41. The van der Waals surface area contributed by atoms with Crippen LogP contribution in [0.4, 0.5) is 0 Å². The molecule has 2 rings (SSSR count). The van der Waals surface area contributed by atoms with Crippen molar-refractivity contribution in [1.82, 2.24) is 4.90 Å². The Hall–Kier alpha value is -0.620. The van der Waals surface area contributed by atoms with Gasteiger partial charge in [-0.3, -0.25) is 4.90 Å². The summed E-state index contributed by atoms with van der Waals surface area (Å²) in [7, 11) is 0. The highest BCUT2D eigenvalue weighted by Crippen LogP contribution is 2.16. The number of rotatable bonds is 5. The average molecular weight is 344 g/mol. The first-order valence-electron chi connectivity index (χ1n) is 6.97. The lowest BCUT2D eigenvalue weighted by molar-refractivity contribution is -0.0786. The molecule has 1 aromatic carbocycles. The topological polar surface area (TPSA) is 41.9 Å². The summed E-state index contributed by atoms with van der Waals surface area (Å²) in [5.74, 6) is 0.774. The Kier molecular flexibility index (Phi) is 5.84. The van der Waals surface area contributed by atoms with Gasteiger partial charge in [0.25, 0.3) is 0 Å². The molecule has 4 nitrogen and oxygen atoms in total. The molecule has 0 aliphatic carbocycles. The second-order valence-electron chi connectivity index (χ2n) is 5.39. The van der Waals surface area contributed by atoms with Gasteiger partial charge < -0.3 is 14.6 Å². The van der Waals surface area contributed by atoms with Crippen LogP contribution in [-0.2, 0) is 4.74 Å². The van der Waals surface area contributed by atoms with E-state index in [-0.39, 0.29) is 12.2 Å². The molecule has 1 saturated heterocycles. The van der Waals surface area contributed by atoms with Crippen molar-refractivity contribution in [3.05, 3.63) is 28.7 Å². The van der Waals surface area contributed by atoms with E-state index >= 15 is 0 Å². The maximum absolute atomic E-state index is 10.1. The first-order chi connectivity index (χ1) is 9.52. The third-order valence-corrected chi connectivity index (χ3v) is 3.75. The van der Waals surface area contributed by atoms with E-state index in [1.54, 1.807) is 0 Å². The normalized spacial score (nSPS) is 25.4. The summed E-state index contributed by atoms with van der Waals surface area (Å²) in [6.45, 7) is 6.77. The van der Waals surface area contributed by atoms with E-state index in [4.69, 9.17) is 9.47 Å². The molecule has 1 aliphatic heterocycles. The maximum atomic E-state index is 10.1. The predicted octanol–water partition coefficient (Wildman–Crippen LogP) is 2.30. The zero-order chi connectivity index (χ0) is 14.5. The predicted molar refractivity (Wildman–Crippen MR) is 82.1 cm³/mol. The highest BCUT2D eigenvalue weighted by Gasteiger charge is 2.23. The third-order valence-electron chi connectivity index (χ3n) is 3.22. The Balaban J connectivity index is 1.74. The van der Waals surface area contributed by atoms with E-state index in [9.17, 15) is 5.11 Å². The standard InChI is InChI=1S/C15H22BrNO3/c1-11-7-17(8-12(2)20-11)9-14(18)10-19-15-5-3-13(16)4-6-15/h3-6,11-12,14,18H,7-10H2,1-2H3/t11-,12-,14+/m1/s1. The molecule has 112 valence electrons. The van der Waals surface area contributed by atoms with Crippen LogP contribution in [0.5, 0.6) is 5.75 Å². The average Bonchev–Trinajstić information content (AvgIpc) is 2.37. The zero-order valence-electron chi connectivity index (χ0n) is 12.0. The molecule has 1 aliphatic rings. The van der Waals surface area contributed by atoms with Crippen molar-refractivity contribution >= 4 is 15.9 Å². The van der Waals surface area contributed by atoms with Crippen LogP contribution in [0.2, 0.25) is 0 Å². The summed E-state index contributed by atoms with van der Waals surface area (Å²) in [5.41, 5.74) is 0. The van der Waals surface area contributed by atoms with Gasteiger partial charge in [0.1, 0.15) is 18.5 Å². The number of ether oxygens (including phenoxy) is 2. The van der Waals surface area contributed by atoms with Crippen LogP contribution >= 0.6 is 15.9 Å². The molecular formula is C15H22BrNO3. The fourth-order valence-corrected chi connectivity index (χ4v) is 2.77. The van der Waals surface area contributed by atoms with Gasteiger partial charge in [-0.05, 0) is 38.1 Å². The summed E-state index contributed by atoms with van der Waals surface area (Å²) in [6.07, 6.45) is -0.0483. The first kappa shape index (κ1) is 15.8. The van der Waals surface area contributed by atoms with Gasteiger partial charge in [0.05, 0.1) is 12.2 Å². The van der Waals surface area contributed by atoms with Gasteiger partial charge in [-0.1, -0.05) is 15.9 Å². The van der Waals surface area contributed by atoms with Crippen LogP contribution in [0, 0.1) is 0 Å². The molecule has 0 radical (unpaired) electrons. The minimum atomic E-state index is -0.490. The molecule has 1 heterocycles. The van der Waals surface area contributed by atoms with Gasteiger partial charge in [0.2, 0.25) is 0 Å². The van der Waals surface area contributed by atoms with Crippen LogP contribution in [0.3, 0.4) is 0 Å². The number of aliphatic hydroxyl groups is 1. The highest BCUT2D eigenvalue weighted by atomic mass is 79.9. The number of hydrogen-bond acceptors (Lipinski definition) is 4. The Labute approximate surface area is 128 Å². The summed E-state index contributed by atoms with van der Waals surface area (Å²) in [4.78, 5) is 2.23. The van der Waals surface area contributed by atoms with Gasteiger partial charge in [-0.25, -0.2) is 0 Å². The lowest BCUT2D eigenvalue weighted by Crippen LogP contribution is -2.48. The molecule has 0 spiro atoms. The van der Waals surface area contributed by atoms with Crippen LogP contribution in [0.1, 0.15) is 13.8 Å². The Morgan fingerprint density at radius 1 is 1.30 bits per heavy atom. The van der Waals surface area contributed by atoms with Crippen molar-refractivity contribution in [2.75, 3.05) is 26.2 Å². The van der Waals surface area contributed by atoms with E-state index in [1.807, 2.05) is 24.3 Å². The molecule has 0 unspecified atom stereocenters. The molecule has 0 saturated carbocycles. The first-order valence-corrected chi connectivity index (χ1v) is 7.76. The third kappa shape index (κ3) is 5.05. The quantitative estimate of drug-likeness (QED) is 0.890. The van der Waals surface area contributed by atoms with Gasteiger partial charge >= 0.3 is 0 Å². The maximum Gasteiger partial charge on any atom is 0.119 e. The minimum absolute atomic E-state index is 0.221. The van der Waals surface area contributed by atoms with Gasteiger partial charge in [-0.2, -0.15) is 0 Å². The molecule has 1 N–H and O–H groups in total. The SMILES string of the molecule is C[C@@H]1CN(C[C@H](O)COc2ccc(Br)cc2)C[C@@H](C)O1. The van der Waals surface area contributed by atoms with Crippen LogP contribution in [0.25, 0.3) is 0 Å². The lowest BCUT2D eigenvalue weighted by atomic mass is 10.2. The number of benzene rings is 1. The van der Waals surface area contributed by atoms with E-state index < -0.39 is 6.10 Å². The summed E-state index contributed by atoms with van der Waals surface area (Å²) in [6, 6.07) is 7.62. The number of halogens is 1. The van der Waals surface area contributed by atoms with Crippen LogP contribution in [-0.4, -0.2) is 54.6 Å². The van der Waals surface area contributed by atoms with Crippen molar-refractivity contribution < 1.29 is 14.6 Å². The molecule has 5 heteroatoms. The Morgan fingerprint density at radius 3 is 2.50 bits per heavy atom. The Bertz CT molecular complexity index is 402. The van der Waals surface area contributed by atoms with Crippen molar-refractivity contribution in [2.45, 2.75) is 32.2 Å². The van der Waals surface area contributed by atoms with Gasteiger partial charge in [0, 0.05) is 24.1 Å². The van der Waals surface area contributed by atoms with E-state index in [0.29, 0.717) is 13.2 Å². The van der Waals surface area contributed by atoms with E-state index in [0.717, 1.165) is 23.3 Å². The van der Waals surface area contributed by atoms with Gasteiger partial charge in [-0.15, -0.1) is 0 Å². The van der Waals surface area contributed by atoms with Gasteiger partial charge in [0.15, 0.2) is 0 Å². The van der Waals surface area contributed by atoms with Crippen molar-refractivity contribution in [2.24, 2.45) is 0 Å². The number of hydrogen-bond donors (Lipinski definition) is 1. The molecule has 0 bridgehead atoms. The fourth-order valence-electron chi connectivity index (χ4n) is 2.51. The monoisotopic (exact) mass is 343 g/mol. The molecule has 3 atom stereocenters. The molecular weight excluding hydrogens is 322 g/mol. The second-order valence-corrected chi connectivity index (χ2v) is 6.31. The summed E-state index contributed by atoms with van der Waals surface area (Å²) in [5, 5.41) is 10.1. The van der Waals surface area contributed by atoms with E-state index in [1.165, 1.54) is 0 Å². The lowest BCUT2D eigenvalue weighted by Gasteiger charge is -2.36. The van der Waals surface area contributed by atoms with Crippen molar-refractivity contribution in [3.8, 4) is 5.75 Å². The molecule has 1 fully saturated rings. The number of nitrogens with zero attached hydrogens (tertiary/aromatic N) is 1. The molecule has 0 aromatic heterocycles. The largest absolute Gasteiger partial charge is 0.491 e. The molecule has 0 amide bonds. The Morgan fingerprint density at radius 2 is 1.90 bits per heavy atom. The smallest absolute Gasteiger partial charge is 0.119 e. The molecule has 20 heavy (non-hydrogen) atoms.